The first-order valence-corrected chi connectivity index (χ1v) is 5.61. The van der Waals surface area contributed by atoms with Crippen molar-refractivity contribution in [2.75, 3.05) is 40.0 Å². The summed E-state index contributed by atoms with van der Waals surface area (Å²) in [6.07, 6.45) is 3.49. The zero-order valence-electron chi connectivity index (χ0n) is 9.33. The van der Waals surface area contributed by atoms with Crippen molar-refractivity contribution < 1.29 is 14.3 Å². The van der Waals surface area contributed by atoms with E-state index in [-0.39, 0.29) is 5.97 Å². The number of hydrogen-bond acceptors (Lipinski definition) is 4. The van der Waals surface area contributed by atoms with E-state index < -0.39 is 0 Å². The standard InChI is InChI=1S/C11H19NO3/c1-14-10(13)8-12-5-2-11(9-12)3-6-15-7-4-11/h2-9H2,1H3. The zero-order valence-corrected chi connectivity index (χ0v) is 9.33. The summed E-state index contributed by atoms with van der Waals surface area (Å²) in [5, 5.41) is 0. The van der Waals surface area contributed by atoms with Gasteiger partial charge in [-0.05, 0) is 31.2 Å². The van der Waals surface area contributed by atoms with Crippen molar-refractivity contribution in [2.45, 2.75) is 19.3 Å². The molecule has 4 heteroatoms. The molecule has 2 heterocycles. The Kier molecular flexibility index (Phi) is 3.26. The van der Waals surface area contributed by atoms with Gasteiger partial charge in [0.1, 0.15) is 0 Å². The molecule has 0 unspecified atom stereocenters. The second-order valence-corrected chi connectivity index (χ2v) is 4.65. The lowest BCUT2D eigenvalue weighted by atomic mass is 9.80. The molecule has 0 bridgehead atoms. The highest BCUT2D eigenvalue weighted by molar-refractivity contribution is 5.71. The highest BCUT2D eigenvalue weighted by atomic mass is 16.5. The molecule has 1 spiro atoms. The van der Waals surface area contributed by atoms with Crippen molar-refractivity contribution in [3.63, 3.8) is 0 Å². The fourth-order valence-corrected chi connectivity index (χ4v) is 2.62. The smallest absolute Gasteiger partial charge is 0.319 e. The number of carbonyl (C=O) groups excluding carboxylic acids is 1. The highest BCUT2D eigenvalue weighted by Gasteiger charge is 2.39. The van der Waals surface area contributed by atoms with Crippen molar-refractivity contribution >= 4 is 5.97 Å². The maximum absolute atomic E-state index is 11.2. The van der Waals surface area contributed by atoms with E-state index in [1.807, 2.05) is 0 Å². The van der Waals surface area contributed by atoms with Gasteiger partial charge >= 0.3 is 5.97 Å². The minimum Gasteiger partial charge on any atom is -0.468 e. The number of carbonyl (C=O) groups is 1. The third kappa shape index (κ3) is 2.49. The summed E-state index contributed by atoms with van der Waals surface area (Å²) in [7, 11) is 1.45. The van der Waals surface area contributed by atoms with Crippen molar-refractivity contribution in [1.82, 2.24) is 4.90 Å². The Morgan fingerprint density at radius 3 is 2.80 bits per heavy atom. The van der Waals surface area contributed by atoms with Crippen LogP contribution in [-0.2, 0) is 14.3 Å². The number of rotatable bonds is 2. The lowest BCUT2D eigenvalue weighted by Gasteiger charge is -2.33. The average Bonchev–Trinajstić information content (AvgIpc) is 2.62. The molecule has 0 amide bonds. The Labute approximate surface area is 90.5 Å². The summed E-state index contributed by atoms with van der Waals surface area (Å²) >= 11 is 0. The van der Waals surface area contributed by atoms with Crippen LogP contribution in [-0.4, -0.2) is 50.8 Å². The van der Waals surface area contributed by atoms with Crippen molar-refractivity contribution in [3.05, 3.63) is 0 Å². The third-order valence-corrected chi connectivity index (χ3v) is 3.65. The van der Waals surface area contributed by atoms with Crippen LogP contribution in [0.3, 0.4) is 0 Å². The van der Waals surface area contributed by atoms with Gasteiger partial charge in [0.25, 0.3) is 0 Å². The number of esters is 1. The SMILES string of the molecule is COC(=O)CN1CCC2(CCOCC2)C1. The van der Waals surface area contributed by atoms with Crippen LogP contribution in [0, 0.1) is 5.41 Å². The molecule has 2 aliphatic heterocycles. The first kappa shape index (κ1) is 10.9. The van der Waals surface area contributed by atoms with E-state index in [1.165, 1.54) is 13.5 Å². The first-order valence-electron chi connectivity index (χ1n) is 5.61. The summed E-state index contributed by atoms with van der Waals surface area (Å²) < 4.78 is 10.1. The zero-order chi connectivity index (χ0) is 10.7. The molecule has 0 aromatic carbocycles. The molecule has 15 heavy (non-hydrogen) atoms. The second-order valence-electron chi connectivity index (χ2n) is 4.65. The van der Waals surface area contributed by atoms with Gasteiger partial charge < -0.3 is 9.47 Å². The molecule has 86 valence electrons. The topological polar surface area (TPSA) is 38.8 Å². The van der Waals surface area contributed by atoms with Crippen molar-refractivity contribution in [3.8, 4) is 0 Å². The van der Waals surface area contributed by atoms with E-state index in [2.05, 4.69) is 9.64 Å². The Morgan fingerprint density at radius 2 is 2.13 bits per heavy atom. The van der Waals surface area contributed by atoms with E-state index in [1.54, 1.807) is 0 Å². The summed E-state index contributed by atoms with van der Waals surface area (Å²) in [6.45, 7) is 4.26. The Balaban J connectivity index is 1.85. The van der Waals surface area contributed by atoms with Crippen LogP contribution in [0.5, 0.6) is 0 Å². The predicted octanol–water partition coefficient (Wildman–Crippen LogP) is 0.662. The van der Waals surface area contributed by atoms with Gasteiger partial charge in [0.2, 0.25) is 0 Å². The van der Waals surface area contributed by atoms with Gasteiger partial charge in [0.15, 0.2) is 0 Å². The lowest BCUT2D eigenvalue weighted by Crippen LogP contribution is -2.35. The molecule has 0 saturated carbocycles. The second kappa shape index (κ2) is 4.49. The quantitative estimate of drug-likeness (QED) is 0.632. The molecule has 0 aromatic rings. The number of hydrogen-bond donors (Lipinski definition) is 0. The van der Waals surface area contributed by atoms with Crippen LogP contribution in [0.2, 0.25) is 0 Å². The Hall–Kier alpha value is -0.610. The molecule has 2 aliphatic rings. The summed E-state index contributed by atoms with van der Waals surface area (Å²) in [5.74, 6) is -0.126. The van der Waals surface area contributed by atoms with Gasteiger partial charge in [-0.15, -0.1) is 0 Å². The Morgan fingerprint density at radius 1 is 1.40 bits per heavy atom. The van der Waals surface area contributed by atoms with Gasteiger partial charge in [-0.25, -0.2) is 0 Å². The summed E-state index contributed by atoms with van der Waals surface area (Å²) in [4.78, 5) is 13.4. The molecule has 0 aromatic heterocycles. The van der Waals surface area contributed by atoms with Gasteiger partial charge in [0.05, 0.1) is 13.7 Å². The van der Waals surface area contributed by atoms with E-state index >= 15 is 0 Å². The summed E-state index contributed by atoms with van der Waals surface area (Å²) in [5.41, 5.74) is 0.423. The molecule has 2 fully saturated rings. The minimum atomic E-state index is -0.126. The van der Waals surface area contributed by atoms with Crippen LogP contribution in [0.15, 0.2) is 0 Å². The molecule has 0 radical (unpaired) electrons. The first-order chi connectivity index (χ1) is 7.24. The van der Waals surface area contributed by atoms with Crippen molar-refractivity contribution in [2.24, 2.45) is 5.41 Å². The predicted molar refractivity (Wildman–Crippen MR) is 55.6 cm³/mol. The number of ether oxygens (including phenoxy) is 2. The third-order valence-electron chi connectivity index (χ3n) is 3.65. The molecule has 0 atom stereocenters. The van der Waals surface area contributed by atoms with E-state index in [0.29, 0.717) is 12.0 Å². The summed E-state index contributed by atoms with van der Waals surface area (Å²) in [6, 6.07) is 0. The largest absolute Gasteiger partial charge is 0.468 e. The van der Waals surface area contributed by atoms with Crippen LogP contribution < -0.4 is 0 Å². The van der Waals surface area contributed by atoms with Gasteiger partial charge in [-0.3, -0.25) is 9.69 Å². The van der Waals surface area contributed by atoms with Crippen LogP contribution in [0.25, 0.3) is 0 Å². The molecular formula is C11H19NO3. The molecule has 0 aliphatic carbocycles. The number of nitrogens with zero attached hydrogens (tertiary/aromatic N) is 1. The lowest BCUT2D eigenvalue weighted by molar-refractivity contribution is -0.141. The molecule has 2 rings (SSSR count). The van der Waals surface area contributed by atoms with Gasteiger partial charge in [-0.1, -0.05) is 0 Å². The maximum atomic E-state index is 11.2. The van der Waals surface area contributed by atoms with E-state index in [0.717, 1.165) is 39.1 Å². The van der Waals surface area contributed by atoms with Gasteiger partial charge in [-0.2, -0.15) is 0 Å². The van der Waals surface area contributed by atoms with E-state index in [9.17, 15) is 4.79 Å². The minimum absolute atomic E-state index is 0.126. The molecule has 0 N–H and O–H groups in total. The Bertz CT molecular complexity index is 236. The van der Waals surface area contributed by atoms with Crippen LogP contribution >= 0.6 is 0 Å². The number of likely N-dealkylation sites (tertiary alicyclic amines) is 1. The molecular weight excluding hydrogens is 194 g/mol. The molecule has 2 saturated heterocycles. The monoisotopic (exact) mass is 213 g/mol. The van der Waals surface area contributed by atoms with Crippen molar-refractivity contribution in [1.29, 1.82) is 0 Å². The van der Waals surface area contributed by atoms with Gasteiger partial charge in [0, 0.05) is 19.8 Å². The fraction of sp³-hybridized carbons (Fsp3) is 0.909. The van der Waals surface area contributed by atoms with Crippen LogP contribution in [0.4, 0.5) is 0 Å². The molecule has 4 nitrogen and oxygen atoms in total. The van der Waals surface area contributed by atoms with E-state index in [4.69, 9.17) is 4.74 Å². The normalized spacial score (nSPS) is 25.7. The van der Waals surface area contributed by atoms with Crippen LogP contribution in [0.1, 0.15) is 19.3 Å². The maximum Gasteiger partial charge on any atom is 0.319 e. The number of methoxy groups -OCH3 is 1. The average molecular weight is 213 g/mol. The highest BCUT2D eigenvalue weighted by Crippen LogP contribution is 2.39. The fourth-order valence-electron chi connectivity index (χ4n) is 2.62.